The Kier molecular flexibility index (Phi) is 5.35. The average Bonchev–Trinajstić information content (AvgIpc) is 3.49. The van der Waals surface area contributed by atoms with Crippen LogP contribution in [-0.2, 0) is 28.3 Å². The van der Waals surface area contributed by atoms with E-state index in [1.54, 1.807) is 34.7 Å². The molecule has 0 spiro atoms. The first-order valence-electron chi connectivity index (χ1n) is 10.5. The van der Waals surface area contributed by atoms with Crippen molar-refractivity contribution in [3.8, 4) is 5.82 Å². The number of sulfone groups is 1. The van der Waals surface area contributed by atoms with Crippen LogP contribution in [-0.4, -0.2) is 62.4 Å². The van der Waals surface area contributed by atoms with E-state index in [4.69, 9.17) is 4.84 Å². The topological polar surface area (TPSA) is 120 Å². The zero-order valence-corrected chi connectivity index (χ0v) is 19.4. The summed E-state index contributed by atoms with van der Waals surface area (Å²) < 4.78 is 27.5. The van der Waals surface area contributed by atoms with Crippen LogP contribution in [0.25, 0.3) is 16.7 Å². The van der Waals surface area contributed by atoms with Crippen LogP contribution >= 0.6 is 0 Å². The van der Waals surface area contributed by atoms with E-state index in [1.807, 2.05) is 30.3 Å². The molecule has 0 aliphatic carbocycles. The van der Waals surface area contributed by atoms with Gasteiger partial charge in [0, 0.05) is 54.9 Å². The van der Waals surface area contributed by atoms with E-state index >= 15 is 0 Å². The van der Waals surface area contributed by atoms with Crippen molar-refractivity contribution >= 4 is 32.4 Å². The van der Waals surface area contributed by atoms with E-state index in [-0.39, 0.29) is 5.03 Å². The molecular formula is C21H24N8O3S. The van der Waals surface area contributed by atoms with E-state index in [0.717, 1.165) is 42.6 Å². The second-order valence-electron chi connectivity index (χ2n) is 8.03. The molecule has 11 nitrogen and oxygen atoms in total. The molecule has 4 heterocycles. The van der Waals surface area contributed by atoms with Crippen LogP contribution in [0, 0.1) is 6.92 Å². The number of benzene rings is 1. The van der Waals surface area contributed by atoms with Crippen LogP contribution in [0.2, 0.25) is 0 Å². The number of aryl methyl sites for hydroxylation is 2. The summed E-state index contributed by atoms with van der Waals surface area (Å²) in [7, 11) is -1.75. The van der Waals surface area contributed by atoms with Gasteiger partial charge in [-0.2, -0.15) is 20.2 Å². The maximum absolute atomic E-state index is 12.1. The van der Waals surface area contributed by atoms with Gasteiger partial charge in [0.25, 0.3) is 0 Å². The monoisotopic (exact) mass is 468 g/mol. The van der Waals surface area contributed by atoms with Crippen molar-refractivity contribution < 1.29 is 13.3 Å². The van der Waals surface area contributed by atoms with Gasteiger partial charge in [-0.25, -0.2) is 18.1 Å². The molecule has 0 radical (unpaired) electrons. The standard InChI is InChI=1S/C21H24N8O3S/c1-14-15(12-28-9-4-10-32-28)13-29(25-14)19-7-8-22-21(24-19)23-16-5-6-18-17(11-16)20(26-27(18)2)33(3,30)31/h5-8,11,13H,4,9-10,12H2,1-3H3,(H,22,23,24). The number of rotatable bonds is 6. The summed E-state index contributed by atoms with van der Waals surface area (Å²) in [6.45, 7) is 4.31. The first kappa shape index (κ1) is 21.5. The molecule has 1 N–H and O–H groups in total. The number of fused-ring (bicyclic) bond motifs is 1. The highest BCUT2D eigenvalue weighted by Gasteiger charge is 2.19. The molecule has 0 atom stereocenters. The molecule has 4 aromatic rings. The number of hydrogen-bond donors (Lipinski definition) is 1. The van der Waals surface area contributed by atoms with Gasteiger partial charge < -0.3 is 5.32 Å². The van der Waals surface area contributed by atoms with Crippen molar-refractivity contribution in [2.75, 3.05) is 24.7 Å². The third-order valence-electron chi connectivity index (χ3n) is 5.47. The molecule has 1 aromatic carbocycles. The van der Waals surface area contributed by atoms with E-state index in [0.29, 0.717) is 29.4 Å². The summed E-state index contributed by atoms with van der Waals surface area (Å²) in [6, 6.07) is 7.16. The third kappa shape index (κ3) is 4.32. The normalized spacial score (nSPS) is 14.9. The number of hydrogen-bond acceptors (Lipinski definition) is 9. The summed E-state index contributed by atoms with van der Waals surface area (Å²) in [5.41, 5.74) is 3.35. The predicted molar refractivity (Wildman–Crippen MR) is 122 cm³/mol. The molecular weight excluding hydrogens is 444 g/mol. The fourth-order valence-electron chi connectivity index (χ4n) is 3.83. The molecule has 1 aliphatic heterocycles. The van der Waals surface area contributed by atoms with Crippen LogP contribution in [0.4, 0.5) is 11.6 Å². The number of aromatic nitrogens is 6. The fourth-order valence-corrected chi connectivity index (χ4v) is 4.67. The predicted octanol–water partition coefficient (Wildman–Crippen LogP) is 2.14. The number of hydroxylamine groups is 2. The lowest BCUT2D eigenvalue weighted by molar-refractivity contribution is -0.117. The van der Waals surface area contributed by atoms with Gasteiger partial charge >= 0.3 is 0 Å². The Balaban J connectivity index is 1.42. The first-order valence-corrected chi connectivity index (χ1v) is 12.4. The lowest BCUT2D eigenvalue weighted by Crippen LogP contribution is -2.17. The summed E-state index contributed by atoms with van der Waals surface area (Å²) >= 11 is 0. The molecule has 1 saturated heterocycles. The van der Waals surface area contributed by atoms with E-state index in [1.165, 1.54) is 0 Å². The molecule has 33 heavy (non-hydrogen) atoms. The van der Waals surface area contributed by atoms with Crippen molar-refractivity contribution in [1.29, 1.82) is 0 Å². The van der Waals surface area contributed by atoms with Gasteiger partial charge in [0.2, 0.25) is 5.95 Å². The summed E-state index contributed by atoms with van der Waals surface area (Å²) in [4.78, 5) is 14.5. The molecule has 0 saturated carbocycles. The van der Waals surface area contributed by atoms with Crippen molar-refractivity contribution in [3.05, 3.63) is 47.9 Å². The van der Waals surface area contributed by atoms with Gasteiger partial charge in [-0.3, -0.25) is 9.52 Å². The molecule has 0 bridgehead atoms. The first-order chi connectivity index (χ1) is 15.8. The quantitative estimate of drug-likeness (QED) is 0.454. The number of anilines is 2. The molecule has 172 valence electrons. The SMILES string of the molecule is Cc1nn(-c2ccnc(Nc3ccc4c(c3)c(S(C)(=O)=O)nn4C)n2)cc1CN1CCCO1. The summed E-state index contributed by atoms with van der Waals surface area (Å²) in [5.74, 6) is 0.984. The smallest absolute Gasteiger partial charge is 0.229 e. The van der Waals surface area contributed by atoms with Crippen LogP contribution in [0.15, 0.2) is 41.7 Å². The largest absolute Gasteiger partial charge is 0.324 e. The Bertz CT molecular complexity index is 1440. The van der Waals surface area contributed by atoms with Gasteiger partial charge in [-0.15, -0.1) is 0 Å². The van der Waals surface area contributed by atoms with Crippen LogP contribution in [0.5, 0.6) is 0 Å². The van der Waals surface area contributed by atoms with Crippen LogP contribution in [0.1, 0.15) is 17.7 Å². The Morgan fingerprint density at radius 1 is 1.21 bits per heavy atom. The third-order valence-corrected chi connectivity index (χ3v) is 6.48. The van der Waals surface area contributed by atoms with Crippen molar-refractivity contribution in [2.45, 2.75) is 24.9 Å². The Labute approximate surface area is 190 Å². The lowest BCUT2D eigenvalue weighted by atomic mass is 10.2. The van der Waals surface area contributed by atoms with Gasteiger partial charge in [-0.05, 0) is 31.5 Å². The number of nitrogens with one attached hydrogen (secondary N) is 1. The van der Waals surface area contributed by atoms with Crippen molar-refractivity contribution in [2.24, 2.45) is 7.05 Å². The Morgan fingerprint density at radius 2 is 2.06 bits per heavy atom. The highest BCUT2D eigenvalue weighted by atomic mass is 32.2. The van der Waals surface area contributed by atoms with Crippen molar-refractivity contribution in [1.82, 2.24) is 34.6 Å². The second-order valence-corrected chi connectivity index (χ2v) is 9.96. The minimum atomic E-state index is -3.47. The summed E-state index contributed by atoms with van der Waals surface area (Å²) in [5, 5.41) is 14.4. The zero-order chi connectivity index (χ0) is 23.2. The van der Waals surface area contributed by atoms with Gasteiger partial charge in [0.15, 0.2) is 20.7 Å². The average molecular weight is 469 g/mol. The van der Waals surface area contributed by atoms with E-state index < -0.39 is 9.84 Å². The Hall–Kier alpha value is -3.35. The van der Waals surface area contributed by atoms with Gasteiger partial charge in [0.1, 0.15) is 0 Å². The number of nitrogens with zero attached hydrogens (tertiary/aromatic N) is 7. The van der Waals surface area contributed by atoms with Gasteiger partial charge in [-0.1, -0.05) is 0 Å². The maximum atomic E-state index is 12.1. The van der Waals surface area contributed by atoms with E-state index in [9.17, 15) is 8.42 Å². The van der Waals surface area contributed by atoms with Gasteiger partial charge in [0.05, 0.1) is 24.4 Å². The highest BCUT2D eigenvalue weighted by Crippen LogP contribution is 2.26. The minimum absolute atomic E-state index is 0.0415. The molecule has 1 aliphatic rings. The molecule has 0 amide bonds. The molecule has 3 aromatic heterocycles. The molecule has 0 unspecified atom stereocenters. The molecule has 5 rings (SSSR count). The van der Waals surface area contributed by atoms with Crippen LogP contribution < -0.4 is 5.32 Å². The minimum Gasteiger partial charge on any atom is -0.324 e. The van der Waals surface area contributed by atoms with Crippen LogP contribution in [0.3, 0.4) is 0 Å². The van der Waals surface area contributed by atoms with E-state index in [2.05, 4.69) is 25.5 Å². The second kappa shape index (κ2) is 8.21. The fraction of sp³-hybridized carbons (Fsp3) is 0.333. The lowest BCUT2D eigenvalue weighted by Gasteiger charge is -2.12. The zero-order valence-electron chi connectivity index (χ0n) is 18.6. The van der Waals surface area contributed by atoms with Crippen molar-refractivity contribution in [3.63, 3.8) is 0 Å². The maximum Gasteiger partial charge on any atom is 0.229 e. The summed E-state index contributed by atoms with van der Waals surface area (Å²) in [6.07, 6.45) is 5.78. The molecule has 12 heteroatoms. The Morgan fingerprint density at radius 3 is 2.82 bits per heavy atom. The highest BCUT2D eigenvalue weighted by molar-refractivity contribution is 7.90. The molecule has 1 fully saturated rings.